The lowest BCUT2D eigenvalue weighted by Crippen LogP contribution is -2.36. The van der Waals surface area contributed by atoms with Gasteiger partial charge in [-0.3, -0.25) is 4.79 Å². The van der Waals surface area contributed by atoms with Gasteiger partial charge in [-0.15, -0.1) is 0 Å². The van der Waals surface area contributed by atoms with Crippen LogP contribution in [-0.4, -0.2) is 31.8 Å². The van der Waals surface area contributed by atoms with Crippen LogP contribution >= 0.6 is 0 Å². The van der Waals surface area contributed by atoms with Crippen molar-refractivity contribution in [1.82, 2.24) is 0 Å². The molecule has 2 rings (SSSR count). The quantitative estimate of drug-likeness (QED) is 0.591. The molecule has 1 fully saturated rings. The van der Waals surface area contributed by atoms with E-state index in [0.717, 1.165) is 12.0 Å². The summed E-state index contributed by atoms with van der Waals surface area (Å²) in [7, 11) is 2.69. The van der Waals surface area contributed by atoms with Crippen molar-refractivity contribution < 1.29 is 23.8 Å². The summed E-state index contributed by atoms with van der Waals surface area (Å²) in [4.78, 5) is 24.4. The van der Waals surface area contributed by atoms with E-state index >= 15 is 0 Å². The number of carbonyl (C=O) groups excluding carboxylic acids is 2. The lowest BCUT2D eigenvalue weighted by Gasteiger charge is -2.30. The van der Waals surface area contributed by atoms with Gasteiger partial charge in [0.2, 0.25) is 0 Å². The first-order valence-electron chi connectivity index (χ1n) is 7.06. The van der Waals surface area contributed by atoms with Gasteiger partial charge in [-0.1, -0.05) is 6.58 Å². The van der Waals surface area contributed by atoms with Crippen molar-refractivity contribution in [3.05, 3.63) is 23.5 Å². The Balaban J connectivity index is 2.60. The fraction of sp³-hybridized carbons (Fsp3) is 0.625. The first kappa shape index (κ1) is 15.6. The molecule has 0 aromatic carbocycles. The molecule has 0 aromatic rings. The summed E-state index contributed by atoms with van der Waals surface area (Å²) in [6, 6.07) is 0. The molecule has 0 saturated carbocycles. The number of esters is 2. The number of hydrogen-bond acceptors (Lipinski definition) is 5. The lowest BCUT2D eigenvalue weighted by atomic mass is 9.70. The highest BCUT2D eigenvalue weighted by molar-refractivity contribution is 5.92. The molecule has 21 heavy (non-hydrogen) atoms. The second-order valence-corrected chi connectivity index (χ2v) is 6.02. The van der Waals surface area contributed by atoms with Crippen LogP contribution in [0.4, 0.5) is 0 Å². The minimum Gasteiger partial charge on any atom is -0.486 e. The molecule has 5 heteroatoms. The Morgan fingerprint density at radius 1 is 1.29 bits per heavy atom. The molecular weight excluding hydrogens is 272 g/mol. The molecule has 0 bridgehead atoms. The average molecular weight is 294 g/mol. The van der Waals surface area contributed by atoms with Crippen LogP contribution in [-0.2, 0) is 23.8 Å². The number of carbonyl (C=O) groups is 2. The van der Waals surface area contributed by atoms with E-state index in [1.165, 1.54) is 14.2 Å². The van der Waals surface area contributed by atoms with E-state index < -0.39 is 17.0 Å². The highest BCUT2D eigenvalue weighted by Crippen LogP contribution is 2.56. The zero-order chi connectivity index (χ0) is 15.8. The normalized spacial score (nSPS) is 31.2. The first-order chi connectivity index (χ1) is 9.80. The molecule has 116 valence electrons. The third-order valence-electron chi connectivity index (χ3n) is 4.62. The van der Waals surface area contributed by atoms with Gasteiger partial charge in [-0.05, 0) is 38.7 Å². The smallest absolute Gasteiger partial charge is 0.337 e. The molecule has 5 nitrogen and oxygen atoms in total. The topological polar surface area (TPSA) is 61.8 Å². The summed E-state index contributed by atoms with van der Waals surface area (Å²) in [6.45, 7) is 7.71. The summed E-state index contributed by atoms with van der Waals surface area (Å²) in [6.07, 6.45) is 2.32. The van der Waals surface area contributed by atoms with E-state index in [4.69, 9.17) is 14.2 Å². The van der Waals surface area contributed by atoms with Gasteiger partial charge in [-0.25, -0.2) is 4.79 Å². The van der Waals surface area contributed by atoms with Crippen molar-refractivity contribution in [2.24, 2.45) is 5.41 Å². The van der Waals surface area contributed by atoms with Crippen LogP contribution < -0.4 is 0 Å². The number of hydrogen-bond donors (Lipinski definition) is 0. The van der Waals surface area contributed by atoms with Crippen molar-refractivity contribution in [3.63, 3.8) is 0 Å². The van der Waals surface area contributed by atoms with Gasteiger partial charge in [0.1, 0.15) is 16.8 Å². The standard InChI is InChI=1S/C16H22O5/c1-10(2)15(3)9-16(14(18)20-5)8-6-7-11(12(16)21-15)13(17)19-4/h1,6-9H2,2-5H3/t15-,16+/m0/s1. The van der Waals surface area contributed by atoms with Crippen LogP contribution in [0.5, 0.6) is 0 Å². The average Bonchev–Trinajstić information content (AvgIpc) is 2.80. The largest absolute Gasteiger partial charge is 0.486 e. The van der Waals surface area contributed by atoms with E-state index in [9.17, 15) is 9.59 Å². The molecule has 1 saturated heterocycles. The maximum atomic E-state index is 12.4. The van der Waals surface area contributed by atoms with Crippen LogP contribution in [0.15, 0.2) is 23.5 Å². The molecule has 2 atom stereocenters. The van der Waals surface area contributed by atoms with E-state index in [1.54, 1.807) is 0 Å². The zero-order valence-electron chi connectivity index (χ0n) is 13.1. The van der Waals surface area contributed by atoms with Crippen LogP contribution in [0.3, 0.4) is 0 Å². The van der Waals surface area contributed by atoms with E-state index in [1.807, 2.05) is 13.8 Å². The van der Waals surface area contributed by atoms with E-state index in [0.29, 0.717) is 30.6 Å². The first-order valence-corrected chi connectivity index (χ1v) is 7.06. The second kappa shape index (κ2) is 5.20. The highest BCUT2D eigenvalue weighted by atomic mass is 16.5. The monoisotopic (exact) mass is 294 g/mol. The second-order valence-electron chi connectivity index (χ2n) is 6.02. The molecule has 0 aromatic heterocycles. The van der Waals surface area contributed by atoms with E-state index in [-0.39, 0.29) is 5.97 Å². The molecular formula is C16H22O5. The lowest BCUT2D eigenvalue weighted by molar-refractivity contribution is -0.151. The zero-order valence-corrected chi connectivity index (χ0v) is 13.1. The molecule has 0 N–H and O–H groups in total. The number of rotatable bonds is 3. The van der Waals surface area contributed by atoms with Gasteiger partial charge >= 0.3 is 11.9 Å². The number of methoxy groups -OCH3 is 2. The summed E-state index contributed by atoms with van der Waals surface area (Å²) in [5.41, 5.74) is -0.312. The molecule has 2 aliphatic rings. The van der Waals surface area contributed by atoms with Crippen LogP contribution in [0.25, 0.3) is 0 Å². The summed E-state index contributed by atoms with van der Waals surface area (Å²) in [5, 5.41) is 0. The maximum Gasteiger partial charge on any atom is 0.337 e. The Morgan fingerprint density at radius 2 is 1.95 bits per heavy atom. The van der Waals surface area contributed by atoms with E-state index in [2.05, 4.69) is 6.58 Å². The third-order valence-corrected chi connectivity index (χ3v) is 4.62. The van der Waals surface area contributed by atoms with Crippen molar-refractivity contribution in [1.29, 1.82) is 0 Å². The van der Waals surface area contributed by atoms with Crippen LogP contribution in [0.2, 0.25) is 0 Å². The molecule has 0 amide bonds. The minimum absolute atomic E-state index is 0.358. The molecule has 1 heterocycles. The summed E-state index contributed by atoms with van der Waals surface area (Å²) < 4.78 is 15.9. The Bertz CT molecular complexity index is 533. The third kappa shape index (κ3) is 2.24. The fourth-order valence-electron chi connectivity index (χ4n) is 3.27. The fourth-order valence-corrected chi connectivity index (χ4v) is 3.27. The van der Waals surface area contributed by atoms with Gasteiger partial charge < -0.3 is 14.2 Å². The SMILES string of the molecule is C=C(C)[C@]1(C)C[C@]2(C(=O)OC)CCCC(C(=O)OC)=C2O1. The van der Waals surface area contributed by atoms with Gasteiger partial charge in [0.25, 0.3) is 0 Å². The number of fused-ring (bicyclic) bond motifs is 1. The molecule has 0 radical (unpaired) electrons. The van der Waals surface area contributed by atoms with Gasteiger partial charge in [-0.2, -0.15) is 0 Å². The minimum atomic E-state index is -0.899. The Kier molecular flexibility index (Phi) is 3.87. The van der Waals surface area contributed by atoms with Crippen molar-refractivity contribution >= 4 is 11.9 Å². The maximum absolute atomic E-state index is 12.4. The summed E-state index contributed by atoms with van der Waals surface area (Å²) in [5.74, 6) is -0.384. The van der Waals surface area contributed by atoms with Crippen molar-refractivity contribution in [2.45, 2.75) is 45.1 Å². The van der Waals surface area contributed by atoms with Crippen molar-refractivity contribution in [2.75, 3.05) is 14.2 Å². The highest BCUT2D eigenvalue weighted by Gasteiger charge is 2.59. The Hall–Kier alpha value is -1.78. The van der Waals surface area contributed by atoms with Crippen molar-refractivity contribution in [3.8, 4) is 0 Å². The predicted octanol–water partition coefficient (Wildman–Crippen LogP) is 2.51. The van der Waals surface area contributed by atoms with Crippen LogP contribution in [0, 0.1) is 5.41 Å². The molecule has 1 aliphatic carbocycles. The van der Waals surface area contributed by atoms with Gasteiger partial charge in [0, 0.05) is 6.42 Å². The number of ether oxygens (including phenoxy) is 3. The molecule has 0 unspecified atom stereocenters. The molecule has 1 aliphatic heterocycles. The Labute approximate surface area is 124 Å². The van der Waals surface area contributed by atoms with Gasteiger partial charge in [0.15, 0.2) is 0 Å². The molecule has 0 spiro atoms. The summed E-state index contributed by atoms with van der Waals surface area (Å²) >= 11 is 0. The van der Waals surface area contributed by atoms with Gasteiger partial charge in [0.05, 0.1) is 19.8 Å². The predicted molar refractivity (Wildman–Crippen MR) is 76.3 cm³/mol. The Morgan fingerprint density at radius 3 is 2.48 bits per heavy atom. The van der Waals surface area contributed by atoms with Crippen LogP contribution in [0.1, 0.15) is 39.5 Å².